The van der Waals surface area contributed by atoms with Crippen molar-refractivity contribution < 1.29 is 4.79 Å². The summed E-state index contributed by atoms with van der Waals surface area (Å²) in [6.45, 7) is 11.1. The van der Waals surface area contributed by atoms with Gasteiger partial charge in [-0.15, -0.1) is 0 Å². The molecule has 0 spiro atoms. The lowest BCUT2D eigenvalue weighted by Crippen LogP contribution is -2.56. The Balaban J connectivity index is 1.44. The first kappa shape index (κ1) is 16.7. The molecule has 0 aromatic heterocycles. The molecule has 0 aliphatic heterocycles. The first-order valence-electron chi connectivity index (χ1n) is 10.2. The fraction of sp³-hybridized carbons (Fsp3) is 0.864. The monoisotopic (exact) mass is 329 g/mol. The van der Waals surface area contributed by atoms with Crippen molar-refractivity contribution in [1.29, 1.82) is 0 Å². The summed E-state index contributed by atoms with van der Waals surface area (Å²) in [6, 6.07) is 0.349. The Bertz CT molecular complexity index is 533. The van der Waals surface area contributed by atoms with Gasteiger partial charge in [-0.3, -0.25) is 4.79 Å². The van der Waals surface area contributed by atoms with E-state index >= 15 is 0 Å². The number of rotatable bonds is 4. The van der Waals surface area contributed by atoms with Crippen LogP contribution in [0.25, 0.3) is 0 Å². The van der Waals surface area contributed by atoms with Crippen molar-refractivity contribution in [2.24, 2.45) is 40.4 Å². The Kier molecular flexibility index (Phi) is 3.72. The summed E-state index contributed by atoms with van der Waals surface area (Å²) in [5.41, 5.74) is 1.87. The lowest BCUT2D eigenvalue weighted by molar-refractivity contribution is -0.127. The molecule has 1 amide bonds. The average molecular weight is 330 g/mol. The molecule has 0 saturated heterocycles. The highest BCUT2D eigenvalue weighted by molar-refractivity contribution is 5.84. The van der Waals surface area contributed by atoms with Gasteiger partial charge in [0.15, 0.2) is 0 Å². The van der Waals surface area contributed by atoms with Gasteiger partial charge in [-0.1, -0.05) is 25.5 Å². The quantitative estimate of drug-likeness (QED) is 0.727. The van der Waals surface area contributed by atoms with Crippen LogP contribution in [0, 0.1) is 40.4 Å². The third-order valence-corrected chi connectivity index (χ3v) is 8.07. The van der Waals surface area contributed by atoms with Crippen molar-refractivity contribution in [2.75, 3.05) is 0 Å². The molecule has 5 fully saturated rings. The number of carbonyl (C=O) groups excluding carboxylic acids is 1. The van der Waals surface area contributed by atoms with E-state index in [9.17, 15) is 4.79 Å². The highest BCUT2D eigenvalue weighted by Gasteiger charge is 2.61. The minimum absolute atomic E-state index is 0.128. The van der Waals surface area contributed by atoms with Crippen LogP contribution in [-0.2, 0) is 4.79 Å². The second kappa shape index (κ2) is 5.35. The molecule has 1 N–H and O–H groups in total. The van der Waals surface area contributed by atoms with Gasteiger partial charge < -0.3 is 5.32 Å². The summed E-state index contributed by atoms with van der Waals surface area (Å²) in [5, 5.41) is 3.49. The molecule has 0 heterocycles. The highest BCUT2D eigenvalue weighted by atomic mass is 16.2. The van der Waals surface area contributed by atoms with Gasteiger partial charge in [-0.2, -0.15) is 0 Å². The fourth-order valence-corrected chi connectivity index (χ4v) is 7.01. The molecular weight excluding hydrogens is 294 g/mol. The van der Waals surface area contributed by atoms with E-state index in [0.29, 0.717) is 23.3 Å². The summed E-state index contributed by atoms with van der Waals surface area (Å²) in [4.78, 5) is 13.0. The Labute approximate surface area is 147 Å². The second-order valence-corrected chi connectivity index (χ2v) is 10.6. The van der Waals surface area contributed by atoms with Gasteiger partial charge in [0.25, 0.3) is 0 Å². The summed E-state index contributed by atoms with van der Waals surface area (Å²) in [5.74, 6) is 3.75. The van der Waals surface area contributed by atoms with Gasteiger partial charge >= 0.3 is 0 Å². The maximum atomic E-state index is 13.0. The van der Waals surface area contributed by atoms with Crippen molar-refractivity contribution in [1.82, 2.24) is 5.32 Å². The molecule has 0 aromatic carbocycles. The van der Waals surface area contributed by atoms with Crippen LogP contribution >= 0.6 is 0 Å². The van der Waals surface area contributed by atoms with Crippen LogP contribution < -0.4 is 5.32 Å². The second-order valence-electron chi connectivity index (χ2n) is 10.6. The number of hydrogen-bond donors (Lipinski definition) is 1. The van der Waals surface area contributed by atoms with Crippen LogP contribution in [0.15, 0.2) is 11.6 Å². The van der Waals surface area contributed by atoms with Crippen LogP contribution in [0.2, 0.25) is 0 Å². The molecule has 0 radical (unpaired) electrons. The number of hydrogen-bond acceptors (Lipinski definition) is 1. The van der Waals surface area contributed by atoms with Crippen LogP contribution in [0.3, 0.4) is 0 Å². The van der Waals surface area contributed by atoms with E-state index in [0.717, 1.165) is 17.8 Å². The zero-order chi connectivity index (χ0) is 17.3. The van der Waals surface area contributed by atoms with E-state index in [1.165, 1.54) is 44.1 Å². The summed E-state index contributed by atoms with van der Waals surface area (Å²) in [7, 11) is 0. The molecule has 24 heavy (non-hydrogen) atoms. The standard InChI is InChI=1S/C22H35NO/c1-13(2)6-18-19(21(18,4)5)20(24)23-14(3)22-10-15-7-16(11-22)9-17(8-15)12-22/h6,14-19H,7-12H2,1-5H3,(H,23,24)/t14-,15?,16?,17?,18-,19+,22?/m0/s1. The van der Waals surface area contributed by atoms with Crippen molar-refractivity contribution in [3.63, 3.8) is 0 Å². The Morgan fingerprint density at radius 3 is 2.00 bits per heavy atom. The molecule has 5 aliphatic rings. The fourth-order valence-electron chi connectivity index (χ4n) is 7.01. The lowest BCUT2D eigenvalue weighted by atomic mass is 9.48. The van der Waals surface area contributed by atoms with E-state index in [4.69, 9.17) is 0 Å². The predicted molar refractivity (Wildman–Crippen MR) is 98.4 cm³/mol. The largest absolute Gasteiger partial charge is 0.353 e. The van der Waals surface area contributed by atoms with E-state index in [1.807, 2.05) is 0 Å². The smallest absolute Gasteiger partial charge is 0.224 e. The number of allylic oxidation sites excluding steroid dienone is 2. The van der Waals surface area contributed by atoms with Gasteiger partial charge in [0.1, 0.15) is 0 Å². The van der Waals surface area contributed by atoms with E-state index in [2.05, 4.69) is 46.0 Å². The first-order chi connectivity index (χ1) is 11.2. The summed E-state index contributed by atoms with van der Waals surface area (Å²) in [6.07, 6.45) is 10.8. The molecule has 2 heteroatoms. The zero-order valence-corrected chi connectivity index (χ0v) is 16.2. The SMILES string of the molecule is CC(C)=C[C@H]1[C@H](C(=O)N[C@@H](C)C23CC4CC(CC(C4)C2)C3)C1(C)C. The van der Waals surface area contributed by atoms with Crippen molar-refractivity contribution >= 4 is 5.91 Å². The Hall–Kier alpha value is -0.790. The number of nitrogens with one attached hydrogen (secondary N) is 1. The molecule has 3 atom stereocenters. The van der Waals surface area contributed by atoms with Crippen molar-refractivity contribution in [3.05, 3.63) is 11.6 Å². The van der Waals surface area contributed by atoms with Gasteiger partial charge in [0.2, 0.25) is 5.91 Å². The van der Waals surface area contributed by atoms with E-state index in [1.54, 1.807) is 0 Å². The maximum Gasteiger partial charge on any atom is 0.224 e. The summed E-state index contributed by atoms with van der Waals surface area (Å²) >= 11 is 0. The minimum Gasteiger partial charge on any atom is -0.353 e. The van der Waals surface area contributed by atoms with Crippen LogP contribution in [-0.4, -0.2) is 11.9 Å². The van der Waals surface area contributed by atoms with Crippen molar-refractivity contribution in [2.45, 2.75) is 79.2 Å². The van der Waals surface area contributed by atoms with Gasteiger partial charge in [-0.25, -0.2) is 0 Å². The third kappa shape index (κ3) is 2.56. The van der Waals surface area contributed by atoms with Crippen LogP contribution in [0.5, 0.6) is 0 Å². The summed E-state index contributed by atoms with van der Waals surface area (Å²) < 4.78 is 0. The molecule has 2 nitrogen and oxygen atoms in total. The average Bonchev–Trinajstić information content (AvgIpc) is 2.97. The third-order valence-electron chi connectivity index (χ3n) is 8.07. The number of amides is 1. The maximum absolute atomic E-state index is 13.0. The first-order valence-corrected chi connectivity index (χ1v) is 10.2. The van der Waals surface area contributed by atoms with Gasteiger partial charge in [-0.05, 0) is 93.8 Å². The predicted octanol–water partition coefficient (Wildman–Crippen LogP) is 4.95. The van der Waals surface area contributed by atoms with E-state index < -0.39 is 0 Å². The van der Waals surface area contributed by atoms with Crippen molar-refractivity contribution in [3.8, 4) is 0 Å². The van der Waals surface area contributed by atoms with Gasteiger partial charge in [0.05, 0.1) is 5.92 Å². The Morgan fingerprint density at radius 1 is 1.04 bits per heavy atom. The minimum atomic E-state index is 0.128. The Morgan fingerprint density at radius 2 is 1.54 bits per heavy atom. The lowest BCUT2D eigenvalue weighted by Gasteiger charge is -2.59. The molecule has 134 valence electrons. The number of carbonyl (C=O) groups is 1. The molecule has 5 aliphatic carbocycles. The van der Waals surface area contributed by atoms with Gasteiger partial charge in [0, 0.05) is 6.04 Å². The molecule has 5 rings (SSSR count). The van der Waals surface area contributed by atoms with E-state index in [-0.39, 0.29) is 11.3 Å². The zero-order valence-electron chi connectivity index (χ0n) is 16.2. The highest BCUT2D eigenvalue weighted by Crippen LogP contribution is 2.62. The molecule has 5 saturated carbocycles. The topological polar surface area (TPSA) is 29.1 Å². The van der Waals surface area contributed by atoms with Crippen LogP contribution in [0.1, 0.15) is 73.1 Å². The molecular formula is C22H35NO. The normalized spacial score (nSPS) is 45.6. The molecule has 0 unspecified atom stereocenters. The molecule has 0 aromatic rings. The van der Waals surface area contributed by atoms with Crippen LogP contribution in [0.4, 0.5) is 0 Å². The molecule has 4 bridgehead atoms.